The summed E-state index contributed by atoms with van der Waals surface area (Å²) in [6.45, 7) is 7.26. The Morgan fingerprint density at radius 3 is 2.12 bits per heavy atom. The van der Waals surface area contributed by atoms with E-state index in [-0.39, 0.29) is 17.9 Å². The Bertz CT molecular complexity index is 1020. The van der Waals surface area contributed by atoms with Crippen LogP contribution in [0.5, 0.6) is 0 Å². The van der Waals surface area contributed by atoms with Crippen LogP contribution in [0.2, 0.25) is 0 Å². The SMILES string of the molecule is CC1CCN(c2ccc([C@@H](C)NC(=O)C3CCN(S(=O)(=O)c4ccccc4)CC3)cc2)CC1. The van der Waals surface area contributed by atoms with Gasteiger partial charge in [0, 0.05) is 37.8 Å². The highest BCUT2D eigenvalue weighted by Crippen LogP contribution is 2.27. The highest BCUT2D eigenvalue weighted by molar-refractivity contribution is 7.89. The van der Waals surface area contributed by atoms with Crippen molar-refractivity contribution >= 4 is 21.6 Å². The first kappa shape index (κ1) is 23.8. The molecule has 0 aliphatic carbocycles. The number of hydrogen-bond donors (Lipinski definition) is 1. The van der Waals surface area contributed by atoms with Gasteiger partial charge in [-0.15, -0.1) is 0 Å². The van der Waals surface area contributed by atoms with Crippen LogP contribution in [0.4, 0.5) is 5.69 Å². The van der Waals surface area contributed by atoms with E-state index in [4.69, 9.17) is 0 Å². The predicted molar refractivity (Wildman–Crippen MR) is 132 cm³/mol. The fourth-order valence-electron chi connectivity index (χ4n) is 4.76. The molecular formula is C26H35N3O3S. The smallest absolute Gasteiger partial charge is 0.243 e. The number of sulfonamides is 1. The molecule has 178 valence electrons. The third kappa shape index (κ3) is 5.58. The molecule has 1 N–H and O–H groups in total. The summed E-state index contributed by atoms with van der Waals surface area (Å²) < 4.78 is 27.1. The second-order valence-corrected chi connectivity index (χ2v) is 11.4. The summed E-state index contributed by atoms with van der Waals surface area (Å²) in [4.78, 5) is 15.6. The molecule has 0 spiro atoms. The molecule has 2 aliphatic heterocycles. The topological polar surface area (TPSA) is 69.7 Å². The van der Waals surface area contributed by atoms with Crippen LogP contribution in [0.15, 0.2) is 59.5 Å². The van der Waals surface area contributed by atoms with Gasteiger partial charge >= 0.3 is 0 Å². The van der Waals surface area contributed by atoms with E-state index in [0.717, 1.165) is 24.6 Å². The van der Waals surface area contributed by atoms with Crippen molar-refractivity contribution in [3.05, 3.63) is 60.2 Å². The monoisotopic (exact) mass is 469 g/mol. The zero-order valence-corrected chi connectivity index (χ0v) is 20.4. The summed E-state index contributed by atoms with van der Waals surface area (Å²) in [6.07, 6.45) is 3.55. The van der Waals surface area contributed by atoms with E-state index in [2.05, 4.69) is 41.4 Å². The van der Waals surface area contributed by atoms with Gasteiger partial charge in [-0.1, -0.05) is 37.3 Å². The summed E-state index contributed by atoms with van der Waals surface area (Å²) in [5, 5.41) is 3.14. The molecule has 2 fully saturated rings. The standard InChI is InChI=1S/C26H35N3O3S/c1-20-12-16-28(17-13-20)24-10-8-22(9-11-24)21(2)27-26(30)23-14-18-29(19-15-23)33(31,32)25-6-4-3-5-7-25/h3-11,20-21,23H,12-19H2,1-2H3,(H,27,30)/t21-/m1/s1. The molecule has 0 aromatic heterocycles. The first-order valence-electron chi connectivity index (χ1n) is 12.0. The molecule has 1 amide bonds. The highest BCUT2D eigenvalue weighted by atomic mass is 32.2. The van der Waals surface area contributed by atoms with Crippen molar-refractivity contribution in [3.8, 4) is 0 Å². The van der Waals surface area contributed by atoms with Gasteiger partial charge in [0.1, 0.15) is 0 Å². The maximum absolute atomic E-state index is 12.9. The molecule has 1 atom stereocenters. The van der Waals surface area contributed by atoms with E-state index in [1.54, 1.807) is 30.3 Å². The van der Waals surface area contributed by atoms with Gasteiger partial charge < -0.3 is 10.2 Å². The molecule has 0 saturated carbocycles. The number of carbonyl (C=O) groups is 1. The average molecular weight is 470 g/mol. The van der Waals surface area contributed by atoms with Crippen LogP contribution >= 0.6 is 0 Å². The van der Waals surface area contributed by atoms with E-state index in [1.807, 2.05) is 6.92 Å². The summed E-state index contributed by atoms with van der Waals surface area (Å²) in [7, 11) is -3.50. The number of rotatable bonds is 6. The fraction of sp³-hybridized carbons (Fsp3) is 0.500. The lowest BCUT2D eigenvalue weighted by Crippen LogP contribution is -2.43. The second-order valence-electron chi connectivity index (χ2n) is 9.48. The molecule has 2 aromatic carbocycles. The first-order chi connectivity index (χ1) is 15.8. The molecule has 2 saturated heterocycles. The number of nitrogens with zero attached hydrogens (tertiary/aromatic N) is 2. The molecule has 0 bridgehead atoms. The molecule has 6 nitrogen and oxygen atoms in total. The molecular weight excluding hydrogens is 434 g/mol. The Morgan fingerprint density at radius 2 is 1.52 bits per heavy atom. The van der Waals surface area contributed by atoms with Gasteiger partial charge in [-0.2, -0.15) is 4.31 Å². The maximum Gasteiger partial charge on any atom is 0.243 e. The molecule has 4 rings (SSSR count). The van der Waals surface area contributed by atoms with Gasteiger partial charge in [-0.25, -0.2) is 8.42 Å². The van der Waals surface area contributed by atoms with Crippen molar-refractivity contribution in [2.75, 3.05) is 31.1 Å². The lowest BCUT2D eigenvalue weighted by Gasteiger charge is -2.32. The quantitative estimate of drug-likeness (QED) is 0.688. The fourth-order valence-corrected chi connectivity index (χ4v) is 6.25. The lowest BCUT2D eigenvalue weighted by atomic mass is 9.96. The van der Waals surface area contributed by atoms with Gasteiger partial charge in [0.05, 0.1) is 10.9 Å². The molecule has 0 radical (unpaired) electrons. The van der Waals surface area contributed by atoms with Gasteiger partial charge in [0.25, 0.3) is 0 Å². The van der Waals surface area contributed by atoms with Gasteiger partial charge in [-0.05, 0) is 68.4 Å². The lowest BCUT2D eigenvalue weighted by molar-refractivity contribution is -0.126. The van der Waals surface area contributed by atoms with Crippen LogP contribution in [0, 0.1) is 11.8 Å². The number of nitrogens with one attached hydrogen (secondary N) is 1. The predicted octanol–water partition coefficient (Wildman–Crippen LogP) is 4.20. The molecule has 2 aromatic rings. The average Bonchev–Trinajstić information content (AvgIpc) is 2.85. The van der Waals surface area contributed by atoms with Crippen LogP contribution < -0.4 is 10.2 Å². The van der Waals surface area contributed by atoms with Crippen molar-refractivity contribution in [2.45, 2.75) is 50.5 Å². The van der Waals surface area contributed by atoms with E-state index >= 15 is 0 Å². The minimum Gasteiger partial charge on any atom is -0.372 e. The third-order valence-corrected chi connectivity index (χ3v) is 9.02. The van der Waals surface area contributed by atoms with E-state index in [9.17, 15) is 13.2 Å². The number of hydrogen-bond acceptors (Lipinski definition) is 4. The Labute approximate surface area is 198 Å². The van der Waals surface area contributed by atoms with Crippen LogP contribution in [0.1, 0.15) is 51.1 Å². The molecule has 33 heavy (non-hydrogen) atoms. The normalized spacial score (nSPS) is 19.9. The Balaban J connectivity index is 1.29. The maximum atomic E-state index is 12.9. The van der Waals surface area contributed by atoms with Crippen LogP contribution in [-0.4, -0.2) is 44.8 Å². The zero-order valence-electron chi connectivity index (χ0n) is 19.6. The molecule has 0 unspecified atom stereocenters. The third-order valence-electron chi connectivity index (χ3n) is 7.11. The number of anilines is 1. The largest absolute Gasteiger partial charge is 0.372 e. The van der Waals surface area contributed by atoms with Crippen LogP contribution in [0.3, 0.4) is 0 Å². The van der Waals surface area contributed by atoms with Crippen molar-refractivity contribution in [2.24, 2.45) is 11.8 Å². The number of piperidine rings is 2. The van der Waals surface area contributed by atoms with Crippen LogP contribution in [-0.2, 0) is 14.8 Å². The number of amides is 1. The number of benzene rings is 2. The van der Waals surface area contributed by atoms with Crippen molar-refractivity contribution in [3.63, 3.8) is 0 Å². The highest BCUT2D eigenvalue weighted by Gasteiger charge is 2.32. The second kappa shape index (κ2) is 10.3. The van der Waals surface area contributed by atoms with Crippen molar-refractivity contribution < 1.29 is 13.2 Å². The Kier molecular flexibility index (Phi) is 7.39. The molecule has 2 aliphatic rings. The van der Waals surface area contributed by atoms with Gasteiger partial charge in [-0.3, -0.25) is 4.79 Å². The van der Waals surface area contributed by atoms with E-state index in [0.29, 0.717) is 30.8 Å². The summed E-state index contributed by atoms with van der Waals surface area (Å²) in [5.41, 5.74) is 2.33. The van der Waals surface area contributed by atoms with Gasteiger partial charge in [0.15, 0.2) is 0 Å². The van der Waals surface area contributed by atoms with E-state index < -0.39 is 10.0 Å². The minimum absolute atomic E-state index is 0.00773. The molecule has 2 heterocycles. The van der Waals surface area contributed by atoms with Crippen molar-refractivity contribution in [1.29, 1.82) is 0 Å². The molecule has 7 heteroatoms. The summed E-state index contributed by atoms with van der Waals surface area (Å²) >= 11 is 0. The Hall–Kier alpha value is -2.38. The summed E-state index contributed by atoms with van der Waals surface area (Å²) in [6, 6.07) is 16.9. The zero-order chi connectivity index (χ0) is 23.4. The van der Waals surface area contributed by atoms with E-state index in [1.165, 1.54) is 22.8 Å². The first-order valence-corrected chi connectivity index (χ1v) is 13.5. The number of carbonyl (C=O) groups excluding carboxylic acids is 1. The van der Waals surface area contributed by atoms with Crippen LogP contribution in [0.25, 0.3) is 0 Å². The summed E-state index contributed by atoms with van der Waals surface area (Å²) in [5.74, 6) is 0.652. The van der Waals surface area contributed by atoms with Crippen molar-refractivity contribution in [1.82, 2.24) is 9.62 Å². The van der Waals surface area contributed by atoms with Gasteiger partial charge in [0.2, 0.25) is 15.9 Å². The Morgan fingerprint density at radius 1 is 0.909 bits per heavy atom. The minimum atomic E-state index is -3.50.